The van der Waals surface area contributed by atoms with Crippen molar-refractivity contribution in [2.75, 3.05) is 0 Å². The van der Waals surface area contributed by atoms with Gasteiger partial charge in [-0.15, -0.1) is 10.2 Å². The average molecular weight is 286 g/mol. The van der Waals surface area contributed by atoms with Gasteiger partial charge in [0.2, 0.25) is 11.8 Å². The van der Waals surface area contributed by atoms with Gasteiger partial charge < -0.3 is 14.5 Å². The highest BCUT2D eigenvalue weighted by Gasteiger charge is 2.17. The van der Waals surface area contributed by atoms with E-state index in [0.29, 0.717) is 17.2 Å². The van der Waals surface area contributed by atoms with Crippen molar-refractivity contribution >= 4 is 12.6 Å². The topological polar surface area (TPSA) is 79.4 Å². The van der Waals surface area contributed by atoms with E-state index in [1.165, 1.54) is 25.7 Å². The Morgan fingerprint density at radius 3 is 2.48 bits per heavy atom. The number of benzene rings is 1. The first kappa shape index (κ1) is 14.3. The summed E-state index contributed by atoms with van der Waals surface area (Å²) in [5.74, 6) is 1.98. The molecule has 0 bridgehead atoms. The van der Waals surface area contributed by atoms with E-state index in [0.717, 1.165) is 24.3 Å². The van der Waals surface area contributed by atoms with Crippen molar-refractivity contribution in [2.24, 2.45) is 5.92 Å². The van der Waals surface area contributed by atoms with Gasteiger partial charge in [-0.2, -0.15) is 0 Å². The monoisotopic (exact) mass is 286 g/mol. The van der Waals surface area contributed by atoms with Crippen LogP contribution < -0.4 is 5.46 Å². The molecule has 1 aromatic heterocycles. The summed E-state index contributed by atoms with van der Waals surface area (Å²) in [4.78, 5) is 0. The number of nitrogens with zero attached hydrogens (tertiary/aromatic N) is 2. The number of aromatic nitrogens is 2. The van der Waals surface area contributed by atoms with Crippen molar-refractivity contribution in [3.8, 4) is 11.5 Å². The van der Waals surface area contributed by atoms with Crippen LogP contribution in [0.15, 0.2) is 28.7 Å². The fourth-order valence-corrected chi connectivity index (χ4v) is 2.90. The maximum Gasteiger partial charge on any atom is 0.488 e. The average Bonchev–Trinajstić information content (AvgIpc) is 3.17. The van der Waals surface area contributed by atoms with E-state index < -0.39 is 7.12 Å². The minimum absolute atomic E-state index is 0.444. The SMILES string of the molecule is OB(O)c1ccc(-c2nnc(CCC3CCCC3)o2)cc1. The number of aryl methyl sites for hydroxylation is 1. The van der Waals surface area contributed by atoms with Gasteiger partial charge in [-0.1, -0.05) is 37.8 Å². The molecule has 1 fully saturated rings. The molecule has 3 rings (SSSR count). The van der Waals surface area contributed by atoms with Crippen LogP contribution in [0.1, 0.15) is 38.0 Å². The maximum atomic E-state index is 9.07. The Hall–Kier alpha value is -1.66. The molecule has 0 aliphatic heterocycles. The van der Waals surface area contributed by atoms with Crippen LogP contribution in [0.25, 0.3) is 11.5 Å². The predicted octanol–water partition coefficient (Wildman–Crippen LogP) is 1.54. The van der Waals surface area contributed by atoms with Gasteiger partial charge in [0.1, 0.15) is 0 Å². The molecule has 6 heteroatoms. The second-order valence-electron chi connectivity index (χ2n) is 5.69. The Labute approximate surface area is 124 Å². The Kier molecular flexibility index (Phi) is 4.36. The Bertz CT molecular complexity index is 577. The zero-order valence-electron chi connectivity index (χ0n) is 11.9. The summed E-state index contributed by atoms with van der Waals surface area (Å²) in [6, 6.07) is 6.79. The molecule has 1 aliphatic rings. The lowest BCUT2D eigenvalue weighted by Crippen LogP contribution is -2.29. The molecular formula is C15H19BN2O3. The van der Waals surface area contributed by atoms with Gasteiger partial charge >= 0.3 is 7.12 Å². The second kappa shape index (κ2) is 6.41. The van der Waals surface area contributed by atoms with Crippen LogP contribution in [0.5, 0.6) is 0 Å². The van der Waals surface area contributed by atoms with Gasteiger partial charge in [-0.25, -0.2) is 0 Å². The lowest BCUT2D eigenvalue weighted by molar-refractivity contribution is 0.425. The third-order valence-corrected chi connectivity index (χ3v) is 4.16. The summed E-state index contributed by atoms with van der Waals surface area (Å²) in [5, 5.41) is 26.3. The smallest absolute Gasteiger partial charge is 0.423 e. The van der Waals surface area contributed by atoms with Gasteiger partial charge in [-0.3, -0.25) is 0 Å². The quantitative estimate of drug-likeness (QED) is 0.815. The summed E-state index contributed by atoms with van der Waals surface area (Å²) in [6.07, 6.45) is 7.31. The van der Waals surface area contributed by atoms with Gasteiger partial charge in [0.05, 0.1) is 0 Å². The first-order chi connectivity index (χ1) is 10.2. The largest absolute Gasteiger partial charge is 0.488 e. The first-order valence-electron chi connectivity index (χ1n) is 7.51. The van der Waals surface area contributed by atoms with Gasteiger partial charge in [0.15, 0.2) is 0 Å². The Morgan fingerprint density at radius 2 is 1.81 bits per heavy atom. The van der Waals surface area contributed by atoms with Crippen LogP contribution in [0, 0.1) is 5.92 Å². The van der Waals surface area contributed by atoms with E-state index in [1.54, 1.807) is 24.3 Å². The molecule has 5 nitrogen and oxygen atoms in total. The summed E-state index contributed by atoms with van der Waals surface area (Å²) in [5.41, 5.74) is 1.23. The van der Waals surface area contributed by atoms with E-state index in [4.69, 9.17) is 14.5 Å². The fraction of sp³-hybridized carbons (Fsp3) is 0.467. The van der Waals surface area contributed by atoms with Gasteiger partial charge in [-0.05, 0) is 29.9 Å². The van der Waals surface area contributed by atoms with Crippen LogP contribution in [-0.4, -0.2) is 27.4 Å². The number of hydrogen-bond donors (Lipinski definition) is 2. The number of hydrogen-bond acceptors (Lipinski definition) is 5. The standard InChI is InChI=1S/C15H19BN2O3/c19-16(20)13-8-6-12(7-9-13)15-18-17-14(21-15)10-5-11-3-1-2-4-11/h6-9,11,19-20H,1-5,10H2. The molecule has 2 N–H and O–H groups in total. The van der Waals surface area contributed by atoms with Crippen LogP contribution in [0.3, 0.4) is 0 Å². The van der Waals surface area contributed by atoms with Crippen LogP contribution in [0.2, 0.25) is 0 Å². The van der Waals surface area contributed by atoms with E-state index >= 15 is 0 Å². The molecule has 1 aliphatic carbocycles. The number of rotatable bonds is 5. The lowest BCUT2D eigenvalue weighted by Gasteiger charge is -2.05. The minimum Gasteiger partial charge on any atom is -0.423 e. The van der Waals surface area contributed by atoms with Gasteiger partial charge in [0.25, 0.3) is 0 Å². The molecule has 0 saturated heterocycles. The second-order valence-corrected chi connectivity index (χ2v) is 5.69. The third kappa shape index (κ3) is 3.51. The fourth-order valence-electron chi connectivity index (χ4n) is 2.90. The molecule has 1 saturated carbocycles. The summed E-state index contributed by atoms with van der Waals surface area (Å²) < 4.78 is 5.68. The lowest BCUT2D eigenvalue weighted by atomic mass is 9.80. The molecule has 1 aromatic carbocycles. The zero-order chi connectivity index (χ0) is 14.7. The van der Waals surface area contributed by atoms with Crippen molar-refractivity contribution in [3.63, 3.8) is 0 Å². The molecule has 2 aromatic rings. The van der Waals surface area contributed by atoms with Crippen molar-refractivity contribution in [2.45, 2.75) is 38.5 Å². The Balaban J connectivity index is 1.63. The third-order valence-electron chi connectivity index (χ3n) is 4.16. The molecule has 21 heavy (non-hydrogen) atoms. The Morgan fingerprint density at radius 1 is 1.10 bits per heavy atom. The van der Waals surface area contributed by atoms with E-state index in [-0.39, 0.29) is 0 Å². The molecule has 0 radical (unpaired) electrons. The van der Waals surface area contributed by atoms with Crippen molar-refractivity contribution in [3.05, 3.63) is 30.2 Å². The van der Waals surface area contributed by atoms with Crippen LogP contribution in [0.4, 0.5) is 0 Å². The van der Waals surface area contributed by atoms with E-state index in [9.17, 15) is 0 Å². The molecule has 0 spiro atoms. The maximum absolute atomic E-state index is 9.07. The summed E-state index contributed by atoms with van der Waals surface area (Å²) in [7, 11) is -1.45. The molecule has 0 atom stereocenters. The minimum atomic E-state index is -1.45. The van der Waals surface area contributed by atoms with Crippen molar-refractivity contribution in [1.82, 2.24) is 10.2 Å². The van der Waals surface area contributed by atoms with E-state index in [1.807, 2.05) is 0 Å². The highest BCUT2D eigenvalue weighted by molar-refractivity contribution is 6.58. The molecule has 0 unspecified atom stereocenters. The molecule has 1 heterocycles. The summed E-state index contributed by atoms with van der Waals surface area (Å²) in [6.45, 7) is 0. The molecule has 110 valence electrons. The first-order valence-corrected chi connectivity index (χ1v) is 7.51. The predicted molar refractivity (Wildman–Crippen MR) is 79.8 cm³/mol. The highest BCUT2D eigenvalue weighted by atomic mass is 16.4. The normalized spacial score (nSPS) is 15.5. The molecule has 0 amide bonds. The van der Waals surface area contributed by atoms with E-state index in [2.05, 4.69) is 10.2 Å². The van der Waals surface area contributed by atoms with Gasteiger partial charge in [0, 0.05) is 12.0 Å². The summed E-state index contributed by atoms with van der Waals surface area (Å²) >= 11 is 0. The highest BCUT2D eigenvalue weighted by Crippen LogP contribution is 2.28. The van der Waals surface area contributed by atoms with Crippen LogP contribution in [-0.2, 0) is 6.42 Å². The van der Waals surface area contributed by atoms with Crippen LogP contribution >= 0.6 is 0 Å². The van der Waals surface area contributed by atoms with Crippen molar-refractivity contribution < 1.29 is 14.5 Å². The van der Waals surface area contributed by atoms with Crippen molar-refractivity contribution in [1.29, 1.82) is 0 Å². The zero-order valence-corrected chi connectivity index (χ0v) is 11.9. The molecular weight excluding hydrogens is 267 g/mol.